The average Bonchev–Trinajstić information content (AvgIpc) is 2.42. The van der Waals surface area contributed by atoms with Crippen LogP contribution < -0.4 is 0 Å². The molecule has 2 aromatic carbocycles. The number of hydrogen-bond donors (Lipinski definition) is 0. The number of carbonyl (C=O) groups is 1. The van der Waals surface area contributed by atoms with Crippen LogP contribution in [-0.2, 0) is 6.42 Å². The molecular weight excluding hydrogens is 357 g/mol. The quantitative estimate of drug-likeness (QED) is 0.557. The normalized spacial score (nSPS) is 10.7. The van der Waals surface area contributed by atoms with E-state index in [1.54, 1.807) is 0 Å². The van der Waals surface area contributed by atoms with E-state index in [9.17, 15) is 18.0 Å². The summed E-state index contributed by atoms with van der Waals surface area (Å²) >= 11 is 8.47. The molecule has 2 aromatic rings. The molecule has 0 saturated carbocycles. The van der Waals surface area contributed by atoms with Gasteiger partial charge in [0.15, 0.2) is 11.6 Å². The van der Waals surface area contributed by atoms with Gasteiger partial charge in [0.05, 0.1) is 15.1 Å². The number of ketones is 1. The molecule has 0 heterocycles. The van der Waals surface area contributed by atoms with Gasteiger partial charge in [-0.2, -0.15) is 0 Å². The van der Waals surface area contributed by atoms with Crippen molar-refractivity contribution in [2.45, 2.75) is 6.42 Å². The van der Waals surface area contributed by atoms with Crippen molar-refractivity contribution in [1.82, 2.24) is 0 Å². The minimum absolute atomic E-state index is 0.0354. The van der Waals surface area contributed by atoms with E-state index < -0.39 is 35.2 Å². The summed E-state index contributed by atoms with van der Waals surface area (Å²) in [5, 5.41) is -0.217. The summed E-state index contributed by atoms with van der Waals surface area (Å²) in [5.41, 5.74) is -0.708. The third kappa shape index (κ3) is 2.88. The minimum Gasteiger partial charge on any atom is -0.294 e. The molecule has 20 heavy (non-hydrogen) atoms. The molecule has 0 aliphatic carbocycles. The highest BCUT2D eigenvalue weighted by molar-refractivity contribution is 9.10. The SMILES string of the molecule is O=C(Cc1c(F)ccc(Br)c1F)c1cccc(Cl)c1F. The van der Waals surface area contributed by atoms with Crippen LogP contribution in [0.3, 0.4) is 0 Å². The van der Waals surface area contributed by atoms with Crippen LogP contribution in [0.2, 0.25) is 5.02 Å². The van der Waals surface area contributed by atoms with Crippen LogP contribution in [0.5, 0.6) is 0 Å². The summed E-state index contributed by atoms with van der Waals surface area (Å²) in [6.45, 7) is 0. The molecular formula is C14H7BrClF3O. The minimum atomic E-state index is -0.894. The number of benzene rings is 2. The summed E-state index contributed by atoms with van der Waals surface area (Å²) in [6.07, 6.45) is -0.589. The van der Waals surface area contributed by atoms with Crippen molar-refractivity contribution >= 4 is 33.3 Å². The molecule has 2 rings (SSSR count). The lowest BCUT2D eigenvalue weighted by atomic mass is 10.0. The van der Waals surface area contributed by atoms with Gasteiger partial charge in [-0.1, -0.05) is 17.7 Å². The Morgan fingerprint density at radius 3 is 2.50 bits per heavy atom. The fraction of sp³-hybridized carbons (Fsp3) is 0.0714. The third-order valence-corrected chi connectivity index (χ3v) is 3.63. The molecule has 0 amide bonds. The molecule has 0 bridgehead atoms. The van der Waals surface area contributed by atoms with Gasteiger partial charge < -0.3 is 0 Å². The smallest absolute Gasteiger partial charge is 0.170 e. The number of rotatable bonds is 3. The Bertz CT molecular complexity index is 688. The fourth-order valence-corrected chi connectivity index (χ4v) is 2.25. The maximum absolute atomic E-state index is 13.8. The first-order valence-corrected chi connectivity index (χ1v) is 6.68. The van der Waals surface area contributed by atoms with E-state index in [-0.39, 0.29) is 15.1 Å². The van der Waals surface area contributed by atoms with E-state index in [4.69, 9.17) is 11.6 Å². The number of carbonyl (C=O) groups excluding carboxylic acids is 1. The lowest BCUT2D eigenvalue weighted by Gasteiger charge is -2.07. The predicted molar refractivity (Wildman–Crippen MR) is 73.5 cm³/mol. The van der Waals surface area contributed by atoms with Crippen LogP contribution in [0.4, 0.5) is 13.2 Å². The molecule has 0 spiro atoms. The van der Waals surface area contributed by atoms with Crippen LogP contribution >= 0.6 is 27.5 Å². The molecule has 1 nitrogen and oxygen atoms in total. The topological polar surface area (TPSA) is 17.1 Å². The molecule has 104 valence electrons. The van der Waals surface area contributed by atoms with Gasteiger partial charge in [0, 0.05) is 12.0 Å². The Balaban J connectivity index is 2.38. The van der Waals surface area contributed by atoms with Crippen LogP contribution in [-0.4, -0.2) is 5.78 Å². The second-order valence-corrected chi connectivity index (χ2v) is 5.28. The van der Waals surface area contributed by atoms with Crippen molar-refractivity contribution in [1.29, 1.82) is 0 Å². The highest BCUT2D eigenvalue weighted by Crippen LogP contribution is 2.24. The second-order valence-electron chi connectivity index (χ2n) is 4.02. The molecule has 0 atom stereocenters. The second kappa shape index (κ2) is 5.97. The highest BCUT2D eigenvalue weighted by atomic mass is 79.9. The predicted octanol–water partition coefficient (Wildman–Crippen LogP) is 4.95. The van der Waals surface area contributed by atoms with Gasteiger partial charge >= 0.3 is 0 Å². The van der Waals surface area contributed by atoms with E-state index in [0.29, 0.717) is 0 Å². The Morgan fingerprint density at radius 1 is 1.10 bits per heavy atom. The average molecular weight is 364 g/mol. The van der Waals surface area contributed by atoms with E-state index in [1.807, 2.05) is 0 Å². The van der Waals surface area contributed by atoms with E-state index in [2.05, 4.69) is 15.9 Å². The highest BCUT2D eigenvalue weighted by Gasteiger charge is 2.20. The molecule has 0 aromatic heterocycles. The Hall–Kier alpha value is -1.33. The van der Waals surface area contributed by atoms with E-state index in [0.717, 1.165) is 6.07 Å². The van der Waals surface area contributed by atoms with E-state index >= 15 is 0 Å². The zero-order valence-electron chi connectivity index (χ0n) is 9.89. The number of Topliss-reactive ketones (excluding diaryl/α,β-unsaturated/α-hetero) is 1. The van der Waals surface area contributed by atoms with Crippen LogP contribution in [0.1, 0.15) is 15.9 Å². The molecule has 0 radical (unpaired) electrons. The summed E-state index contributed by atoms with van der Waals surface area (Å²) in [5.74, 6) is -3.38. The standard InChI is InChI=1S/C14H7BrClF3O/c15-9-4-5-11(17)8(13(9)18)6-12(20)7-2-1-3-10(16)14(7)19/h1-5H,6H2. The maximum atomic E-state index is 13.8. The van der Waals surface area contributed by atoms with Gasteiger partial charge in [0.25, 0.3) is 0 Å². The molecule has 0 fully saturated rings. The molecule has 6 heteroatoms. The van der Waals surface area contributed by atoms with Crippen molar-refractivity contribution < 1.29 is 18.0 Å². The van der Waals surface area contributed by atoms with Gasteiger partial charge in [-0.15, -0.1) is 0 Å². The van der Waals surface area contributed by atoms with Gasteiger partial charge in [0.2, 0.25) is 0 Å². The first kappa shape index (κ1) is 15.1. The first-order valence-electron chi connectivity index (χ1n) is 5.51. The Kier molecular flexibility index (Phi) is 4.50. The van der Waals surface area contributed by atoms with Crippen LogP contribution in [0, 0.1) is 17.5 Å². The number of hydrogen-bond acceptors (Lipinski definition) is 1. The van der Waals surface area contributed by atoms with Gasteiger partial charge in [-0.05, 0) is 40.2 Å². The summed E-state index contributed by atoms with van der Waals surface area (Å²) in [4.78, 5) is 12.0. The Labute approximate surface area is 126 Å². The lowest BCUT2D eigenvalue weighted by molar-refractivity contribution is 0.0986. The molecule has 0 unspecified atom stereocenters. The summed E-state index contributed by atoms with van der Waals surface area (Å²) < 4.78 is 41.0. The summed E-state index contributed by atoms with van der Waals surface area (Å²) in [7, 11) is 0. The molecule has 0 aliphatic heterocycles. The van der Waals surface area contributed by atoms with E-state index in [1.165, 1.54) is 24.3 Å². The van der Waals surface area contributed by atoms with Crippen LogP contribution in [0.25, 0.3) is 0 Å². The zero-order chi connectivity index (χ0) is 14.9. The molecule has 0 aliphatic rings. The molecule has 0 saturated heterocycles. The lowest BCUT2D eigenvalue weighted by Crippen LogP contribution is -2.09. The largest absolute Gasteiger partial charge is 0.294 e. The van der Waals surface area contributed by atoms with Crippen molar-refractivity contribution in [3.05, 3.63) is 68.4 Å². The fourth-order valence-electron chi connectivity index (χ4n) is 1.71. The number of halogens is 5. The third-order valence-electron chi connectivity index (χ3n) is 2.73. The van der Waals surface area contributed by atoms with Gasteiger partial charge in [-0.3, -0.25) is 4.79 Å². The van der Waals surface area contributed by atoms with Crippen molar-refractivity contribution in [3.8, 4) is 0 Å². The molecule has 0 N–H and O–H groups in total. The van der Waals surface area contributed by atoms with Gasteiger partial charge in [-0.25, -0.2) is 13.2 Å². The maximum Gasteiger partial charge on any atom is 0.170 e. The van der Waals surface area contributed by atoms with Crippen molar-refractivity contribution in [2.24, 2.45) is 0 Å². The first-order chi connectivity index (χ1) is 9.41. The monoisotopic (exact) mass is 362 g/mol. The Morgan fingerprint density at radius 2 is 1.80 bits per heavy atom. The zero-order valence-corrected chi connectivity index (χ0v) is 12.2. The van der Waals surface area contributed by atoms with Crippen LogP contribution in [0.15, 0.2) is 34.8 Å². The van der Waals surface area contributed by atoms with Crippen molar-refractivity contribution in [3.63, 3.8) is 0 Å². The van der Waals surface area contributed by atoms with Crippen molar-refractivity contribution in [2.75, 3.05) is 0 Å². The van der Waals surface area contributed by atoms with Gasteiger partial charge in [0.1, 0.15) is 11.6 Å². The summed E-state index contributed by atoms with van der Waals surface area (Å²) in [6, 6.07) is 6.13.